The van der Waals surface area contributed by atoms with Crippen molar-refractivity contribution < 1.29 is 9.13 Å². The maximum atomic E-state index is 13.2. The van der Waals surface area contributed by atoms with Gasteiger partial charge in [-0.25, -0.2) is 13.9 Å². The number of ether oxygens (including phenoxy) is 1. The summed E-state index contributed by atoms with van der Waals surface area (Å²) in [6, 6.07) is 5.99. The standard InChI is InChI=1S/C16H13BrFN7O/c1-9-14-13(17)16(26-7-12-19-8-20-24(12)2)23-25(14)15(22-21-9)10-3-5-11(18)6-4-10/h3-6,8H,7H2,1-2H3. The van der Waals surface area contributed by atoms with Gasteiger partial charge in [-0.15, -0.1) is 10.2 Å². The predicted octanol–water partition coefficient (Wildman–Crippen LogP) is 2.71. The van der Waals surface area contributed by atoms with E-state index in [0.29, 0.717) is 33.3 Å². The van der Waals surface area contributed by atoms with Crippen molar-refractivity contribution in [1.82, 2.24) is 34.6 Å². The van der Waals surface area contributed by atoms with Crippen LogP contribution in [0.25, 0.3) is 16.9 Å². The summed E-state index contributed by atoms with van der Waals surface area (Å²) in [5, 5.41) is 16.9. The van der Waals surface area contributed by atoms with E-state index in [1.807, 2.05) is 6.92 Å². The molecule has 8 nitrogen and oxygen atoms in total. The van der Waals surface area contributed by atoms with E-state index >= 15 is 0 Å². The van der Waals surface area contributed by atoms with Gasteiger partial charge in [-0.1, -0.05) is 0 Å². The fourth-order valence-corrected chi connectivity index (χ4v) is 3.16. The first-order valence-electron chi connectivity index (χ1n) is 7.67. The average Bonchev–Trinajstić information content (AvgIpc) is 3.18. The van der Waals surface area contributed by atoms with Gasteiger partial charge in [-0.05, 0) is 47.1 Å². The molecule has 3 heterocycles. The van der Waals surface area contributed by atoms with Gasteiger partial charge < -0.3 is 4.74 Å². The molecule has 3 aromatic heterocycles. The highest BCUT2D eigenvalue weighted by atomic mass is 79.9. The highest BCUT2D eigenvalue weighted by Crippen LogP contribution is 2.32. The zero-order chi connectivity index (χ0) is 18.3. The molecule has 0 fully saturated rings. The largest absolute Gasteiger partial charge is 0.468 e. The third-order valence-corrected chi connectivity index (χ3v) is 4.60. The van der Waals surface area contributed by atoms with Crippen molar-refractivity contribution in [1.29, 1.82) is 0 Å². The summed E-state index contributed by atoms with van der Waals surface area (Å²) in [4.78, 5) is 4.12. The Bertz CT molecular complexity index is 1090. The van der Waals surface area contributed by atoms with Crippen LogP contribution in [0.5, 0.6) is 5.88 Å². The van der Waals surface area contributed by atoms with Crippen LogP contribution in [0.2, 0.25) is 0 Å². The first-order valence-corrected chi connectivity index (χ1v) is 8.47. The molecule has 4 aromatic rings. The number of rotatable bonds is 4. The third kappa shape index (κ3) is 2.81. The van der Waals surface area contributed by atoms with Crippen LogP contribution in [0.4, 0.5) is 4.39 Å². The van der Waals surface area contributed by atoms with Gasteiger partial charge in [0.1, 0.15) is 28.7 Å². The molecule has 26 heavy (non-hydrogen) atoms. The summed E-state index contributed by atoms with van der Waals surface area (Å²) < 4.78 is 22.9. The van der Waals surface area contributed by atoms with Gasteiger partial charge in [0.25, 0.3) is 0 Å². The topological polar surface area (TPSA) is 83.0 Å². The van der Waals surface area contributed by atoms with E-state index in [1.54, 1.807) is 28.4 Å². The van der Waals surface area contributed by atoms with Crippen LogP contribution in [0.3, 0.4) is 0 Å². The van der Waals surface area contributed by atoms with Crippen molar-refractivity contribution in [2.24, 2.45) is 7.05 Å². The van der Waals surface area contributed by atoms with E-state index in [4.69, 9.17) is 4.74 Å². The lowest BCUT2D eigenvalue weighted by Crippen LogP contribution is -2.05. The molecule has 0 saturated carbocycles. The van der Waals surface area contributed by atoms with E-state index < -0.39 is 0 Å². The molecule has 0 amide bonds. The molecule has 1 aromatic carbocycles. The first kappa shape index (κ1) is 16.6. The minimum Gasteiger partial charge on any atom is -0.468 e. The molecule has 4 rings (SSSR count). The molecule has 0 saturated heterocycles. The number of halogens is 2. The van der Waals surface area contributed by atoms with E-state index in [2.05, 4.69) is 41.3 Å². The first-order chi connectivity index (χ1) is 12.5. The molecule has 132 valence electrons. The Morgan fingerprint density at radius 2 is 1.96 bits per heavy atom. The molecule has 0 aliphatic carbocycles. The van der Waals surface area contributed by atoms with Crippen LogP contribution < -0.4 is 4.74 Å². The van der Waals surface area contributed by atoms with Gasteiger partial charge in [-0.2, -0.15) is 10.2 Å². The lowest BCUT2D eigenvalue weighted by Gasteiger charge is -2.04. The maximum absolute atomic E-state index is 13.2. The zero-order valence-corrected chi connectivity index (χ0v) is 15.5. The normalized spacial score (nSPS) is 11.2. The molecule has 0 N–H and O–H groups in total. The molecule has 0 bridgehead atoms. The van der Waals surface area contributed by atoms with Crippen LogP contribution in [-0.4, -0.2) is 34.6 Å². The van der Waals surface area contributed by atoms with E-state index in [9.17, 15) is 4.39 Å². The summed E-state index contributed by atoms with van der Waals surface area (Å²) in [6.07, 6.45) is 1.46. The highest BCUT2D eigenvalue weighted by Gasteiger charge is 2.19. The quantitative estimate of drug-likeness (QED) is 0.507. The summed E-state index contributed by atoms with van der Waals surface area (Å²) in [5.74, 6) is 1.22. The highest BCUT2D eigenvalue weighted by molar-refractivity contribution is 9.10. The van der Waals surface area contributed by atoms with Crippen molar-refractivity contribution in [3.8, 4) is 17.3 Å². The Balaban J connectivity index is 1.77. The van der Waals surface area contributed by atoms with E-state index in [1.165, 1.54) is 18.5 Å². The number of nitrogens with zero attached hydrogens (tertiary/aromatic N) is 7. The van der Waals surface area contributed by atoms with Gasteiger partial charge in [0.2, 0.25) is 5.88 Å². The minimum atomic E-state index is -0.320. The number of benzene rings is 1. The molecule has 0 aliphatic rings. The van der Waals surface area contributed by atoms with Gasteiger partial charge in [0, 0.05) is 12.6 Å². The molecule has 0 unspecified atom stereocenters. The molecular weight excluding hydrogens is 405 g/mol. The number of aryl methyl sites for hydroxylation is 2. The molecule has 0 radical (unpaired) electrons. The number of fused-ring (bicyclic) bond motifs is 1. The van der Waals surface area contributed by atoms with Crippen LogP contribution in [-0.2, 0) is 13.7 Å². The summed E-state index contributed by atoms with van der Waals surface area (Å²) >= 11 is 3.52. The Labute approximate surface area is 155 Å². The van der Waals surface area contributed by atoms with Gasteiger partial charge in [0.05, 0.1) is 5.69 Å². The number of aromatic nitrogens is 7. The fraction of sp³-hybridized carbons (Fsp3) is 0.188. The second-order valence-electron chi connectivity index (χ2n) is 5.58. The van der Waals surface area contributed by atoms with Crippen LogP contribution in [0.15, 0.2) is 35.1 Å². The maximum Gasteiger partial charge on any atom is 0.248 e. The van der Waals surface area contributed by atoms with Crippen LogP contribution in [0.1, 0.15) is 11.5 Å². The van der Waals surface area contributed by atoms with Crippen LogP contribution in [0, 0.1) is 12.7 Å². The molecule has 0 aliphatic heterocycles. The third-order valence-electron chi connectivity index (χ3n) is 3.88. The SMILES string of the molecule is Cc1nnc(-c2ccc(F)cc2)n2nc(OCc3ncnn3C)c(Br)c12. The Kier molecular flexibility index (Phi) is 4.11. The molecular formula is C16H13BrFN7O. The molecule has 10 heteroatoms. The summed E-state index contributed by atoms with van der Waals surface area (Å²) in [5.41, 5.74) is 2.11. The average molecular weight is 418 g/mol. The Morgan fingerprint density at radius 1 is 1.19 bits per heavy atom. The van der Waals surface area contributed by atoms with E-state index in [-0.39, 0.29) is 12.4 Å². The molecule has 0 atom stereocenters. The van der Waals surface area contributed by atoms with Crippen molar-refractivity contribution in [3.05, 3.63) is 52.4 Å². The summed E-state index contributed by atoms with van der Waals surface area (Å²) in [7, 11) is 1.79. The van der Waals surface area contributed by atoms with Gasteiger partial charge in [-0.3, -0.25) is 4.68 Å². The Morgan fingerprint density at radius 3 is 2.65 bits per heavy atom. The van der Waals surface area contributed by atoms with Gasteiger partial charge in [0.15, 0.2) is 11.6 Å². The van der Waals surface area contributed by atoms with Crippen molar-refractivity contribution in [2.45, 2.75) is 13.5 Å². The predicted molar refractivity (Wildman–Crippen MR) is 93.9 cm³/mol. The second kappa shape index (κ2) is 6.45. The second-order valence-corrected chi connectivity index (χ2v) is 6.38. The fourth-order valence-electron chi connectivity index (χ4n) is 2.51. The lowest BCUT2D eigenvalue weighted by atomic mass is 10.2. The number of hydrogen-bond acceptors (Lipinski definition) is 6. The van der Waals surface area contributed by atoms with Crippen molar-refractivity contribution in [3.63, 3.8) is 0 Å². The van der Waals surface area contributed by atoms with E-state index in [0.717, 1.165) is 5.52 Å². The minimum absolute atomic E-state index is 0.213. The monoisotopic (exact) mass is 417 g/mol. The van der Waals surface area contributed by atoms with Gasteiger partial charge >= 0.3 is 0 Å². The van der Waals surface area contributed by atoms with Crippen molar-refractivity contribution >= 4 is 21.4 Å². The molecule has 0 spiro atoms. The van der Waals surface area contributed by atoms with Crippen molar-refractivity contribution in [2.75, 3.05) is 0 Å². The van der Waals surface area contributed by atoms with Crippen LogP contribution >= 0.6 is 15.9 Å². The lowest BCUT2D eigenvalue weighted by molar-refractivity contribution is 0.275. The Hall–Kier alpha value is -2.88. The smallest absolute Gasteiger partial charge is 0.248 e. The zero-order valence-electron chi connectivity index (χ0n) is 13.9. The summed E-state index contributed by atoms with van der Waals surface area (Å²) in [6.45, 7) is 2.04. The number of hydrogen-bond donors (Lipinski definition) is 0.